The third-order valence-corrected chi connectivity index (χ3v) is 2.56. The van der Waals surface area contributed by atoms with Gasteiger partial charge in [-0.05, 0) is 28.7 Å². The van der Waals surface area contributed by atoms with Gasteiger partial charge >= 0.3 is 0 Å². The molecule has 0 saturated carbocycles. The fourth-order valence-electron chi connectivity index (χ4n) is 0.507. The Bertz CT molecular complexity index is 315. The predicted molar refractivity (Wildman–Crippen MR) is 51.5 cm³/mol. The number of hydrogen-bond donors (Lipinski definition) is 1. The summed E-state index contributed by atoms with van der Waals surface area (Å²) in [5, 5.41) is 2.57. The molecule has 0 aliphatic rings. The van der Waals surface area contributed by atoms with Crippen molar-refractivity contribution in [2.45, 2.75) is 0 Å². The molecular weight excluding hydrogens is 262 g/mol. The van der Waals surface area contributed by atoms with E-state index in [9.17, 15) is 0 Å². The number of aromatic nitrogens is 1. The summed E-state index contributed by atoms with van der Waals surface area (Å²) in [5.41, 5.74) is 0. The minimum Gasteiger partial charge on any atom is -0.372 e. The van der Waals surface area contributed by atoms with Crippen molar-refractivity contribution in [3.63, 3.8) is 0 Å². The maximum atomic E-state index is 6.96. The first-order valence-corrected chi connectivity index (χ1v) is 3.94. The van der Waals surface area contributed by atoms with E-state index in [2.05, 4.69) is 10.3 Å². The predicted octanol–water partition coefficient (Wildman–Crippen LogP) is 2.38. The number of nitrogens with zero attached hydrogens (tertiary/aromatic N) is 1. The van der Waals surface area contributed by atoms with E-state index in [0.717, 1.165) is 3.57 Å². The van der Waals surface area contributed by atoms with Crippen molar-refractivity contribution in [3.8, 4) is 0 Å². The van der Waals surface area contributed by atoms with Gasteiger partial charge in [-0.15, -0.1) is 0 Å². The Morgan fingerprint density at radius 1 is 1.90 bits per heavy atom. The molecule has 4 heteroatoms. The first-order chi connectivity index (χ1) is 5.90. The normalized spacial score (nSPS) is 15.2. The molecule has 0 saturated heterocycles. The Labute approximate surface area is 82.3 Å². The Morgan fingerprint density at radius 3 is 3.40 bits per heavy atom. The molecule has 1 rings (SSSR count). The zero-order valence-corrected chi connectivity index (χ0v) is 7.77. The summed E-state index contributed by atoms with van der Waals surface area (Å²) in [4.78, 5) is 3.82. The second kappa shape index (κ2) is 3.39. The van der Waals surface area contributed by atoms with E-state index in [0.29, 0.717) is 5.02 Å². The molecule has 0 amide bonds. The van der Waals surface area contributed by atoms with Gasteiger partial charge in [0.15, 0.2) is 0 Å². The standard InChI is InChI=1S/C6H6ClIN2/c1-9-6-5(7)4(8)2-3-10-6/h2-3H,1H3,(H,9,10)/i1D3. The van der Waals surface area contributed by atoms with Gasteiger partial charge in [-0.3, -0.25) is 0 Å². The van der Waals surface area contributed by atoms with Crippen LogP contribution in [0.5, 0.6) is 0 Å². The summed E-state index contributed by atoms with van der Waals surface area (Å²) >= 11 is 7.82. The fourth-order valence-corrected chi connectivity index (χ4v) is 1.08. The molecule has 0 aliphatic heterocycles. The van der Waals surface area contributed by atoms with E-state index in [-0.39, 0.29) is 5.82 Å². The number of nitrogens with one attached hydrogen (secondary N) is 1. The van der Waals surface area contributed by atoms with Gasteiger partial charge in [0.25, 0.3) is 0 Å². The van der Waals surface area contributed by atoms with Gasteiger partial charge in [-0.25, -0.2) is 4.98 Å². The maximum absolute atomic E-state index is 6.96. The quantitative estimate of drug-likeness (QED) is 0.793. The Balaban J connectivity index is 2.96. The van der Waals surface area contributed by atoms with Crippen LogP contribution in [0.25, 0.3) is 0 Å². The van der Waals surface area contributed by atoms with Crippen molar-refractivity contribution in [2.75, 3.05) is 12.3 Å². The molecule has 1 N–H and O–H groups in total. The number of rotatable bonds is 1. The number of halogens is 2. The van der Waals surface area contributed by atoms with Gasteiger partial charge < -0.3 is 5.32 Å². The smallest absolute Gasteiger partial charge is 0.145 e. The lowest BCUT2D eigenvalue weighted by Crippen LogP contribution is -1.93. The molecule has 0 radical (unpaired) electrons. The van der Waals surface area contributed by atoms with Crippen LogP contribution in [-0.2, 0) is 0 Å². The van der Waals surface area contributed by atoms with Crippen molar-refractivity contribution in [2.24, 2.45) is 0 Å². The Kier molecular flexibility index (Phi) is 1.62. The number of pyridine rings is 1. The highest BCUT2D eigenvalue weighted by Crippen LogP contribution is 2.23. The Hall–Kier alpha value is -0.0300. The number of anilines is 1. The lowest BCUT2D eigenvalue weighted by Gasteiger charge is -2.01. The van der Waals surface area contributed by atoms with E-state index in [1.807, 2.05) is 22.6 Å². The van der Waals surface area contributed by atoms with Crippen LogP contribution in [0, 0.1) is 3.57 Å². The summed E-state index contributed by atoms with van der Waals surface area (Å²) in [6.45, 7) is -2.26. The van der Waals surface area contributed by atoms with Crippen LogP contribution >= 0.6 is 34.2 Å². The molecule has 0 aromatic carbocycles. The van der Waals surface area contributed by atoms with Crippen LogP contribution in [0.4, 0.5) is 5.82 Å². The molecule has 0 unspecified atom stereocenters. The highest BCUT2D eigenvalue weighted by molar-refractivity contribution is 14.1. The maximum Gasteiger partial charge on any atom is 0.145 e. The molecular formula is C6H6ClIN2. The molecule has 0 spiro atoms. The molecule has 1 aromatic heterocycles. The van der Waals surface area contributed by atoms with Crippen molar-refractivity contribution in [1.29, 1.82) is 0 Å². The molecule has 10 heavy (non-hydrogen) atoms. The zero-order valence-electron chi connectivity index (χ0n) is 7.86. The summed E-state index contributed by atoms with van der Waals surface area (Å²) in [7, 11) is 0. The van der Waals surface area contributed by atoms with E-state index in [4.69, 9.17) is 15.7 Å². The van der Waals surface area contributed by atoms with Gasteiger partial charge in [0.2, 0.25) is 0 Å². The monoisotopic (exact) mass is 271 g/mol. The summed E-state index contributed by atoms with van der Waals surface area (Å²) in [5.74, 6) is 0.188. The second-order valence-electron chi connectivity index (χ2n) is 1.58. The molecule has 2 nitrogen and oxygen atoms in total. The summed E-state index contributed by atoms with van der Waals surface area (Å²) in [6, 6.07) is 1.70. The average Bonchev–Trinajstić information content (AvgIpc) is 1.96. The van der Waals surface area contributed by atoms with Crippen molar-refractivity contribution in [3.05, 3.63) is 20.9 Å². The van der Waals surface area contributed by atoms with Crippen LogP contribution in [0.3, 0.4) is 0 Å². The van der Waals surface area contributed by atoms with Gasteiger partial charge in [-0.1, -0.05) is 11.6 Å². The van der Waals surface area contributed by atoms with E-state index in [1.165, 1.54) is 6.20 Å². The van der Waals surface area contributed by atoms with Crippen molar-refractivity contribution >= 4 is 40.0 Å². The molecule has 54 valence electrons. The minimum absolute atomic E-state index is 0.188. The highest BCUT2D eigenvalue weighted by Gasteiger charge is 2.01. The van der Waals surface area contributed by atoms with Crippen molar-refractivity contribution < 1.29 is 4.11 Å². The summed E-state index contributed by atoms with van der Waals surface area (Å²) < 4.78 is 21.6. The molecule has 1 aromatic rings. The van der Waals surface area contributed by atoms with Gasteiger partial charge in [0.1, 0.15) is 5.82 Å². The third kappa shape index (κ3) is 1.52. The fraction of sp³-hybridized carbons (Fsp3) is 0.167. The first-order valence-electron chi connectivity index (χ1n) is 3.98. The highest BCUT2D eigenvalue weighted by atomic mass is 127. The lowest BCUT2D eigenvalue weighted by molar-refractivity contribution is 1.28. The molecule has 1 heterocycles. The molecule has 0 fully saturated rings. The van der Waals surface area contributed by atoms with Gasteiger partial charge in [0.05, 0.1) is 5.02 Å². The first kappa shape index (κ1) is 4.77. The minimum atomic E-state index is -2.26. The lowest BCUT2D eigenvalue weighted by atomic mass is 10.5. The third-order valence-electron chi connectivity index (χ3n) is 0.960. The largest absolute Gasteiger partial charge is 0.372 e. The molecule has 0 atom stereocenters. The Morgan fingerprint density at radius 2 is 2.70 bits per heavy atom. The van der Waals surface area contributed by atoms with E-state index < -0.39 is 6.98 Å². The SMILES string of the molecule is [2H]C([2H])([2H])Nc1nccc(I)c1Cl. The van der Waals surface area contributed by atoms with Crippen LogP contribution in [-0.4, -0.2) is 12.0 Å². The topological polar surface area (TPSA) is 24.9 Å². The van der Waals surface area contributed by atoms with Crippen LogP contribution in [0.1, 0.15) is 4.11 Å². The van der Waals surface area contributed by atoms with Gasteiger partial charge in [-0.2, -0.15) is 0 Å². The van der Waals surface area contributed by atoms with Crippen molar-refractivity contribution in [1.82, 2.24) is 4.98 Å². The van der Waals surface area contributed by atoms with Crippen LogP contribution in [0.2, 0.25) is 5.02 Å². The van der Waals surface area contributed by atoms with Crippen LogP contribution in [0.15, 0.2) is 12.3 Å². The van der Waals surface area contributed by atoms with Crippen LogP contribution < -0.4 is 5.32 Å². The van der Waals surface area contributed by atoms with E-state index >= 15 is 0 Å². The molecule has 0 bridgehead atoms. The second-order valence-corrected chi connectivity index (χ2v) is 3.12. The van der Waals surface area contributed by atoms with E-state index in [1.54, 1.807) is 6.07 Å². The van der Waals surface area contributed by atoms with Gasteiger partial charge in [0, 0.05) is 20.9 Å². The average molecular weight is 272 g/mol. The summed E-state index contributed by atoms with van der Waals surface area (Å²) in [6.07, 6.45) is 1.50. The number of hydrogen-bond acceptors (Lipinski definition) is 2. The zero-order chi connectivity index (χ0) is 10.1. The molecule has 0 aliphatic carbocycles.